The molecule has 0 saturated heterocycles. The summed E-state index contributed by atoms with van der Waals surface area (Å²) in [6, 6.07) is 12.6. The summed E-state index contributed by atoms with van der Waals surface area (Å²) in [5.74, 6) is 0.286. The van der Waals surface area contributed by atoms with Gasteiger partial charge in [0, 0.05) is 18.1 Å². The Morgan fingerprint density at radius 1 is 1.06 bits per heavy atom. The van der Waals surface area contributed by atoms with E-state index in [0.717, 1.165) is 29.5 Å². The van der Waals surface area contributed by atoms with Crippen molar-refractivity contribution in [2.45, 2.75) is 59.5 Å². The second kappa shape index (κ2) is 12.4. The number of benzene rings is 2. The van der Waals surface area contributed by atoms with Crippen molar-refractivity contribution in [1.82, 2.24) is 10.2 Å². The number of nitrogens with zero attached hydrogens (tertiary/aromatic N) is 1. The second-order valence-corrected chi connectivity index (χ2v) is 8.27. The van der Waals surface area contributed by atoms with Gasteiger partial charge in [-0.15, -0.1) is 0 Å². The fourth-order valence-electron chi connectivity index (χ4n) is 3.46. The largest absolute Gasteiger partial charge is 0.484 e. The van der Waals surface area contributed by atoms with Crippen LogP contribution in [0.4, 0.5) is 0 Å². The molecule has 31 heavy (non-hydrogen) atoms. The highest BCUT2D eigenvalue weighted by atomic mass is 35.5. The van der Waals surface area contributed by atoms with Crippen LogP contribution in [-0.2, 0) is 16.1 Å². The van der Waals surface area contributed by atoms with Gasteiger partial charge in [-0.1, -0.05) is 50.1 Å². The van der Waals surface area contributed by atoms with Crippen LogP contribution >= 0.6 is 11.6 Å². The van der Waals surface area contributed by atoms with E-state index in [2.05, 4.69) is 18.3 Å². The monoisotopic (exact) mass is 444 g/mol. The Kier molecular flexibility index (Phi) is 9.86. The maximum Gasteiger partial charge on any atom is 0.261 e. The summed E-state index contributed by atoms with van der Waals surface area (Å²) < 4.78 is 5.80. The molecule has 0 unspecified atom stereocenters. The molecule has 0 aromatic heterocycles. The van der Waals surface area contributed by atoms with Crippen LogP contribution in [0, 0.1) is 13.8 Å². The van der Waals surface area contributed by atoms with E-state index in [1.807, 2.05) is 45.0 Å². The summed E-state index contributed by atoms with van der Waals surface area (Å²) in [5.41, 5.74) is 3.05. The lowest BCUT2D eigenvalue weighted by Crippen LogP contribution is -2.50. The van der Waals surface area contributed by atoms with Crippen molar-refractivity contribution in [2.24, 2.45) is 0 Å². The summed E-state index contributed by atoms with van der Waals surface area (Å²) in [6.45, 7) is 8.75. The minimum Gasteiger partial charge on any atom is -0.484 e. The number of carbonyl (C=O) groups is 2. The van der Waals surface area contributed by atoms with Crippen LogP contribution in [0.3, 0.4) is 0 Å². The van der Waals surface area contributed by atoms with Crippen LogP contribution in [0.15, 0.2) is 42.5 Å². The number of ether oxygens (including phenoxy) is 1. The molecule has 1 atom stereocenters. The molecule has 2 rings (SSSR count). The van der Waals surface area contributed by atoms with Crippen LogP contribution in [0.25, 0.3) is 0 Å². The van der Waals surface area contributed by atoms with Gasteiger partial charge in [0.25, 0.3) is 5.91 Å². The number of carbonyl (C=O) groups excluding carboxylic acids is 2. The topological polar surface area (TPSA) is 58.6 Å². The molecule has 0 aliphatic heterocycles. The molecule has 2 aromatic rings. The molecular weight excluding hydrogens is 412 g/mol. The first-order valence-corrected chi connectivity index (χ1v) is 11.2. The summed E-state index contributed by atoms with van der Waals surface area (Å²) in [5, 5.41) is 3.59. The standard InChI is InChI=1S/C25H33ClN2O3/c1-5-7-12-27-25(30)23(6-2)28(16-20-8-10-21(26)11-9-20)24(29)17-31-22-14-18(3)13-19(4)15-22/h8-11,13-15,23H,5-7,12,16-17H2,1-4H3,(H,27,30)/t23-/m1/s1. The van der Waals surface area contributed by atoms with E-state index in [9.17, 15) is 9.59 Å². The van der Waals surface area contributed by atoms with Crippen LogP contribution in [0.5, 0.6) is 5.75 Å². The smallest absolute Gasteiger partial charge is 0.261 e. The van der Waals surface area contributed by atoms with Crippen molar-refractivity contribution in [3.8, 4) is 5.75 Å². The van der Waals surface area contributed by atoms with Gasteiger partial charge in [-0.3, -0.25) is 9.59 Å². The number of aryl methyl sites for hydroxylation is 2. The molecule has 0 saturated carbocycles. The Hall–Kier alpha value is -2.53. The maximum absolute atomic E-state index is 13.2. The molecule has 6 heteroatoms. The SMILES string of the molecule is CCCCNC(=O)[C@@H](CC)N(Cc1ccc(Cl)cc1)C(=O)COc1cc(C)cc(C)c1. The molecule has 0 heterocycles. The number of unbranched alkanes of at least 4 members (excludes halogenated alkanes) is 1. The average Bonchev–Trinajstić information content (AvgIpc) is 2.73. The third kappa shape index (κ3) is 7.91. The predicted octanol–water partition coefficient (Wildman–Crippen LogP) is 5.06. The molecule has 168 valence electrons. The lowest BCUT2D eigenvalue weighted by atomic mass is 10.1. The highest BCUT2D eigenvalue weighted by molar-refractivity contribution is 6.30. The Morgan fingerprint density at radius 2 is 1.71 bits per heavy atom. The number of nitrogens with one attached hydrogen (secondary N) is 1. The summed E-state index contributed by atoms with van der Waals surface area (Å²) in [7, 11) is 0. The van der Waals surface area contributed by atoms with E-state index in [1.54, 1.807) is 17.0 Å². The Balaban J connectivity index is 2.18. The van der Waals surface area contributed by atoms with Gasteiger partial charge in [0.15, 0.2) is 6.61 Å². The van der Waals surface area contributed by atoms with E-state index in [1.165, 1.54) is 0 Å². The van der Waals surface area contributed by atoms with Gasteiger partial charge in [0.2, 0.25) is 5.91 Å². The number of hydrogen-bond donors (Lipinski definition) is 1. The van der Waals surface area contributed by atoms with Crippen LogP contribution in [0.1, 0.15) is 49.8 Å². The highest BCUT2D eigenvalue weighted by Gasteiger charge is 2.28. The summed E-state index contributed by atoms with van der Waals surface area (Å²) in [6.07, 6.45) is 2.41. The molecule has 0 bridgehead atoms. The Morgan fingerprint density at radius 3 is 2.29 bits per heavy atom. The minimum absolute atomic E-state index is 0.130. The molecule has 0 radical (unpaired) electrons. The first kappa shape index (κ1) is 24.7. The maximum atomic E-state index is 13.2. The van der Waals surface area contributed by atoms with Gasteiger partial charge in [-0.2, -0.15) is 0 Å². The molecule has 0 aliphatic carbocycles. The predicted molar refractivity (Wildman–Crippen MR) is 125 cm³/mol. The summed E-state index contributed by atoms with van der Waals surface area (Å²) >= 11 is 6.00. The average molecular weight is 445 g/mol. The first-order chi connectivity index (χ1) is 14.8. The zero-order valence-electron chi connectivity index (χ0n) is 18.9. The van der Waals surface area contributed by atoms with Gasteiger partial charge in [0.1, 0.15) is 11.8 Å². The highest BCUT2D eigenvalue weighted by Crippen LogP contribution is 2.18. The van der Waals surface area contributed by atoms with Crippen LogP contribution in [0.2, 0.25) is 5.02 Å². The van der Waals surface area contributed by atoms with Gasteiger partial charge in [-0.05, 0) is 67.6 Å². The fourth-order valence-corrected chi connectivity index (χ4v) is 3.58. The lowest BCUT2D eigenvalue weighted by Gasteiger charge is -2.30. The molecule has 1 N–H and O–H groups in total. The van der Waals surface area contributed by atoms with Gasteiger partial charge in [0.05, 0.1) is 0 Å². The lowest BCUT2D eigenvalue weighted by molar-refractivity contribution is -0.143. The molecule has 0 fully saturated rings. The van der Waals surface area contributed by atoms with Crippen molar-refractivity contribution >= 4 is 23.4 Å². The van der Waals surface area contributed by atoms with Crippen LogP contribution < -0.4 is 10.1 Å². The van der Waals surface area contributed by atoms with Crippen molar-refractivity contribution in [1.29, 1.82) is 0 Å². The van der Waals surface area contributed by atoms with E-state index in [0.29, 0.717) is 30.3 Å². The van der Waals surface area contributed by atoms with Crippen molar-refractivity contribution in [2.75, 3.05) is 13.2 Å². The molecule has 2 aromatic carbocycles. The van der Waals surface area contributed by atoms with E-state index >= 15 is 0 Å². The van der Waals surface area contributed by atoms with Crippen LogP contribution in [-0.4, -0.2) is 35.9 Å². The third-order valence-corrected chi connectivity index (χ3v) is 5.29. The molecule has 0 spiro atoms. The van der Waals surface area contributed by atoms with E-state index in [4.69, 9.17) is 16.3 Å². The zero-order valence-corrected chi connectivity index (χ0v) is 19.7. The van der Waals surface area contributed by atoms with E-state index < -0.39 is 6.04 Å². The van der Waals surface area contributed by atoms with Crippen molar-refractivity contribution in [3.63, 3.8) is 0 Å². The van der Waals surface area contributed by atoms with Crippen molar-refractivity contribution < 1.29 is 14.3 Å². The zero-order chi connectivity index (χ0) is 22.8. The summed E-state index contributed by atoms with van der Waals surface area (Å²) in [4.78, 5) is 27.6. The number of amides is 2. The molecule has 5 nitrogen and oxygen atoms in total. The van der Waals surface area contributed by atoms with Crippen molar-refractivity contribution in [3.05, 3.63) is 64.2 Å². The number of halogens is 1. The third-order valence-electron chi connectivity index (χ3n) is 5.04. The number of rotatable bonds is 11. The normalized spacial score (nSPS) is 11.6. The first-order valence-electron chi connectivity index (χ1n) is 10.9. The quantitative estimate of drug-likeness (QED) is 0.493. The van der Waals surface area contributed by atoms with E-state index in [-0.39, 0.29) is 18.4 Å². The molecule has 2 amide bonds. The van der Waals surface area contributed by atoms with Gasteiger partial charge >= 0.3 is 0 Å². The Bertz CT molecular complexity index is 847. The van der Waals surface area contributed by atoms with Gasteiger partial charge < -0.3 is 15.0 Å². The van der Waals surface area contributed by atoms with Gasteiger partial charge in [-0.25, -0.2) is 0 Å². The Labute approximate surface area is 190 Å². The fraction of sp³-hybridized carbons (Fsp3) is 0.440. The number of hydrogen-bond acceptors (Lipinski definition) is 3. The minimum atomic E-state index is -0.567. The molecular formula is C25H33ClN2O3. The second-order valence-electron chi connectivity index (χ2n) is 7.83. The molecule has 0 aliphatic rings.